The molecular formula is C33H40ClN3O6S. The van der Waals surface area contributed by atoms with Crippen LogP contribution in [0, 0.1) is 6.92 Å². The van der Waals surface area contributed by atoms with Gasteiger partial charge in [0.05, 0.1) is 29.8 Å². The highest BCUT2D eigenvalue weighted by Crippen LogP contribution is 2.32. The van der Waals surface area contributed by atoms with Crippen molar-refractivity contribution in [3.05, 3.63) is 82.9 Å². The standard InChI is InChI=1S/C33H40ClN3O6S/c1-5-30(33(39)35-25-8-6-7-9-25)36(21-24-12-15-27(42-3)16-13-24)32(38)22-37(26-14-19-31(43-4)29(34)20-26)44(40,41)28-17-10-23(2)11-18-28/h10-20,25,30H,5-9,21-22H2,1-4H3,(H,35,39)/t30-/m0/s1. The highest BCUT2D eigenvalue weighted by Gasteiger charge is 2.34. The van der Waals surface area contributed by atoms with Crippen molar-refractivity contribution in [1.29, 1.82) is 0 Å². The zero-order chi connectivity index (χ0) is 31.9. The summed E-state index contributed by atoms with van der Waals surface area (Å²) in [5.74, 6) is 0.244. The van der Waals surface area contributed by atoms with Crippen LogP contribution in [-0.2, 0) is 26.2 Å². The third kappa shape index (κ3) is 7.84. The van der Waals surface area contributed by atoms with Gasteiger partial charge in [-0.05, 0) is 74.2 Å². The number of halogens is 1. The molecule has 1 fully saturated rings. The van der Waals surface area contributed by atoms with Gasteiger partial charge in [-0.25, -0.2) is 8.42 Å². The lowest BCUT2D eigenvalue weighted by molar-refractivity contribution is -0.140. The Morgan fingerprint density at radius 3 is 2.20 bits per heavy atom. The molecule has 1 saturated carbocycles. The molecule has 0 bridgehead atoms. The second-order valence-corrected chi connectivity index (χ2v) is 13.2. The van der Waals surface area contributed by atoms with Gasteiger partial charge in [0, 0.05) is 12.6 Å². The summed E-state index contributed by atoms with van der Waals surface area (Å²) in [4.78, 5) is 29.4. The van der Waals surface area contributed by atoms with Crippen molar-refractivity contribution < 1.29 is 27.5 Å². The van der Waals surface area contributed by atoms with Gasteiger partial charge in [0.2, 0.25) is 11.8 Å². The predicted octanol–water partition coefficient (Wildman–Crippen LogP) is 5.73. The Kier molecular flexibility index (Phi) is 11.2. The smallest absolute Gasteiger partial charge is 0.264 e. The molecule has 1 aliphatic carbocycles. The van der Waals surface area contributed by atoms with Gasteiger partial charge in [-0.1, -0.05) is 61.2 Å². The number of carbonyl (C=O) groups is 2. The Hall–Kier alpha value is -3.76. The summed E-state index contributed by atoms with van der Waals surface area (Å²) in [5, 5.41) is 3.31. The summed E-state index contributed by atoms with van der Waals surface area (Å²) in [6.45, 7) is 3.25. The second-order valence-electron chi connectivity index (χ2n) is 10.9. The zero-order valence-electron chi connectivity index (χ0n) is 25.6. The minimum atomic E-state index is -4.22. The molecule has 0 saturated heterocycles. The number of nitrogens with zero attached hydrogens (tertiary/aromatic N) is 2. The van der Waals surface area contributed by atoms with E-state index in [0.29, 0.717) is 17.9 Å². The lowest BCUT2D eigenvalue weighted by Crippen LogP contribution is -2.53. The van der Waals surface area contributed by atoms with Gasteiger partial charge in [-0.15, -0.1) is 0 Å². The molecule has 9 nitrogen and oxygen atoms in total. The number of hydrogen-bond acceptors (Lipinski definition) is 6. The number of nitrogens with one attached hydrogen (secondary N) is 1. The number of sulfonamides is 1. The van der Waals surface area contributed by atoms with Gasteiger partial charge in [-0.2, -0.15) is 0 Å². The third-order valence-corrected chi connectivity index (χ3v) is 9.99. The monoisotopic (exact) mass is 641 g/mol. The van der Waals surface area contributed by atoms with Crippen LogP contribution in [-0.4, -0.2) is 58.0 Å². The number of methoxy groups -OCH3 is 2. The minimum absolute atomic E-state index is 0.0237. The number of carbonyl (C=O) groups excluding carboxylic acids is 2. The Balaban J connectivity index is 1.73. The molecule has 3 aromatic carbocycles. The van der Waals surface area contributed by atoms with Crippen LogP contribution in [0.5, 0.6) is 11.5 Å². The topological polar surface area (TPSA) is 105 Å². The van der Waals surface area contributed by atoms with Crippen LogP contribution in [0.2, 0.25) is 5.02 Å². The Labute approximate surface area is 265 Å². The van der Waals surface area contributed by atoms with Crippen molar-refractivity contribution >= 4 is 39.1 Å². The van der Waals surface area contributed by atoms with Gasteiger partial charge >= 0.3 is 0 Å². The number of benzene rings is 3. The Bertz CT molecular complexity index is 1540. The average Bonchev–Trinajstić information content (AvgIpc) is 3.53. The molecule has 0 unspecified atom stereocenters. The van der Waals surface area contributed by atoms with Crippen molar-refractivity contribution in [3.8, 4) is 11.5 Å². The van der Waals surface area contributed by atoms with Crippen LogP contribution in [0.25, 0.3) is 0 Å². The fourth-order valence-corrected chi connectivity index (χ4v) is 7.05. The molecular weight excluding hydrogens is 602 g/mol. The first kappa shape index (κ1) is 33.1. The molecule has 0 aliphatic heterocycles. The lowest BCUT2D eigenvalue weighted by atomic mass is 10.1. The summed E-state index contributed by atoms with van der Waals surface area (Å²) in [6.07, 6.45) is 4.24. The summed E-state index contributed by atoms with van der Waals surface area (Å²) in [6, 6.07) is 17.4. The maximum Gasteiger partial charge on any atom is 0.264 e. The normalized spacial score (nSPS) is 14.1. The van der Waals surface area contributed by atoms with Gasteiger partial charge in [0.1, 0.15) is 24.1 Å². The lowest BCUT2D eigenvalue weighted by Gasteiger charge is -2.34. The Morgan fingerprint density at radius 1 is 0.977 bits per heavy atom. The highest BCUT2D eigenvalue weighted by molar-refractivity contribution is 7.92. The van der Waals surface area contributed by atoms with E-state index in [1.807, 2.05) is 26.0 Å². The quantitative estimate of drug-likeness (QED) is 0.256. The first-order valence-corrected chi connectivity index (χ1v) is 16.5. The largest absolute Gasteiger partial charge is 0.497 e. The molecule has 0 heterocycles. The first-order valence-electron chi connectivity index (χ1n) is 14.7. The molecule has 236 valence electrons. The van der Waals surface area contributed by atoms with Crippen LogP contribution in [0.3, 0.4) is 0 Å². The zero-order valence-corrected chi connectivity index (χ0v) is 27.2. The Morgan fingerprint density at radius 2 is 1.64 bits per heavy atom. The summed E-state index contributed by atoms with van der Waals surface area (Å²) in [7, 11) is -1.19. The maximum absolute atomic E-state index is 14.3. The number of ether oxygens (including phenoxy) is 2. The SMILES string of the molecule is CC[C@@H](C(=O)NC1CCCC1)N(Cc1ccc(OC)cc1)C(=O)CN(c1ccc(OC)c(Cl)c1)S(=O)(=O)c1ccc(C)cc1. The van der Waals surface area contributed by atoms with E-state index in [4.69, 9.17) is 21.1 Å². The highest BCUT2D eigenvalue weighted by atomic mass is 35.5. The van der Waals surface area contributed by atoms with Gasteiger partial charge < -0.3 is 19.7 Å². The minimum Gasteiger partial charge on any atom is -0.497 e. The molecule has 11 heteroatoms. The number of rotatable bonds is 13. The van der Waals surface area contributed by atoms with Crippen molar-refractivity contribution in [1.82, 2.24) is 10.2 Å². The summed E-state index contributed by atoms with van der Waals surface area (Å²) >= 11 is 6.41. The predicted molar refractivity (Wildman–Crippen MR) is 172 cm³/mol. The number of aryl methyl sites for hydroxylation is 1. The van der Waals surface area contributed by atoms with E-state index in [1.54, 1.807) is 43.5 Å². The molecule has 3 aromatic rings. The van der Waals surface area contributed by atoms with Crippen molar-refractivity contribution in [2.75, 3.05) is 25.1 Å². The van der Waals surface area contributed by atoms with Crippen LogP contribution < -0.4 is 19.1 Å². The van der Waals surface area contributed by atoms with E-state index in [0.717, 1.165) is 41.1 Å². The average molecular weight is 642 g/mol. The second kappa shape index (κ2) is 14.8. The number of anilines is 1. The molecule has 1 atom stereocenters. The van der Waals surface area contributed by atoms with Crippen molar-refractivity contribution in [2.45, 2.75) is 69.5 Å². The first-order chi connectivity index (χ1) is 21.1. The van der Waals surface area contributed by atoms with Gasteiger partial charge in [-0.3, -0.25) is 13.9 Å². The van der Waals surface area contributed by atoms with Gasteiger partial charge in [0.25, 0.3) is 10.0 Å². The van der Waals surface area contributed by atoms with Gasteiger partial charge in [0.15, 0.2) is 0 Å². The van der Waals surface area contributed by atoms with E-state index in [-0.39, 0.29) is 34.1 Å². The van der Waals surface area contributed by atoms with E-state index < -0.39 is 28.5 Å². The molecule has 2 amide bonds. The number of hydrogen-bond donors (Lipinski definition) is 1. The molecule has 1 N–H and O–H groups in total. The van der Waals surface area contributed by atoms with Crippen LogP contribution >= 0.6 is 11.6 Å². The third-order valence-electron chi connectivity index (χ3n) is 7.91. The molecule has 0 aromatic heterocycles. The molecule has 1 aliphatic rings. The van der Waals surface area contributed by atoms with Crippen molar-refractivity contribution in [3.63, 3.8) is 0 Å². The van der Waals surface area contributed by atoms with E-state index in [2.05, 4.69) is 5.32 Å². The van der Waals surface area contributed by atoms with Crippen LogP contribution in [0.15, 0.2) is 71.6 Å². The fraction of sp³-hybridized carbons (Fsp3) is 0.394. The van der Waals surface area contributed by atoms with E-state index in [1.165, 1.54) is 30.2 Å². The summed E-state index contributed by atoms with van der Waals surface area (Å²) in [5.41, 5.74) is 1.85. The van der Waals surface area contributed by atoms with E-state index in [9.17, 15) is 18.0 Å². The fourth-order valence-electron chi connectivity index (χ4n) is 5.39. The van der Waals surface area contributed by atoms with E-state index >= 15 is 0 Å². The molecule has 0 spiro atoms. The molecule has 0 radical (unpaired) electrons. The molecule has 4 rings (SSSR count). The maximum atomic E-state index is 14.3. The number of amides is 2. The van der Waals surface area contributed by atoms with Crippen molar-refractivity contribution in [2.24, 2.45) is 0 Å². The van der Waals surface area contributed by atoms with Crippen LogP contribution in [0.1, 0.15) is 50.2 Å². The van der Waals surface area contributed by atoms with Crippen LogP contribution in [0.4, 0.5) is 5.69 Å². The molecule has 44 heavy (non-hydrogen) atoms. The summed E-state index contributed by atoms with van der Waals surface area (Å²) < 4.78 is 39.8.